The summed E-state index contributed by atoms with van der Waals surface area (Å²) in [4.78, 5) is 12.9. The average Bonchev–Trinajstić information content (AvgIpc) is 3.44. The van der Waals surface area contributed by atoms with Gasteiger partial charge in [-0.05, 0) is 53.9 Å². The first kappa shape index (κ1) is 20.3. The molecule has 5 heteroatoms. The summed E-state index contributed by atoms with van der Waals surface area (Å²) in [6.45, 7) is 0. The van der Waals surface area contributed by atoms with Crippen molar-refractivity contribution in [2.75, 3.05) is 0 Å². The molecule has 1 aliphatic rings. The average molecular weight is 441 g/mol. The van der Waals surface area contributed by atoms with Crippen LogP contribution in [-0.2, 0) is 10.2 Å². The van der Waals surface area contributed by atoms with Gasteiger partial charge in [0, 0.05) is 16.0 Å². The summed E-state index contributed by atoms with van der Waals surface area (Å²) in [5.41, 5.74) is 5.60. The number of furan rings is 1. The molecule has 5 rings (SSSR count). The molecule has 1 atom stereocenters. The van der Waals surface area contributed by atoms with Crippen molar-refractivity contribution in [1.82, 2.24) is 5.43 Å². The number of halogens is 1. The normalized spacial score (nSPS) is 16.7. The van der Waals surface area contributed by atoms with Crippen LogP contribution in [0, 0.1) is 5.92 Å². The molecule has 4 nitrogen and oxygen atoms in total. The van der Waals surface area contributed by atoms with E-state index < -0.39 is 0 Å². The summed E-state index contributed by atoms with van der Waals surface area (Å²) < 4.78 is 5.80. The number of rotatable bonds is 6. The van der Waals surface area contributed by atoms with Crippen LogP contribution in [-0.4, -0.2) is 12.1 Å². The number of carbonyl (C=O) groups is 1. The third-order valence-corrected chi connectivity index (χ3v) is 6.23. The Kier molecular flexibility index (Phi) is 5.38. The van der Waals surface area contributed by atoms with E-state index in [1.807, 2.05) is 72.8 Å². The molecular formula is C27H21ClN2O2. The van der Waals surface area contributed by atoms with Crippen molar-refractivity contribution in [2.45, 2.75) is 11.8 Å². The summed E-state index contributed by atoms with van der Waals surface area (Å²) in [5, 5.41) is 4.81. The lowest BCUT2D eigenvalue weighted by atomic mass is 9.85. The van der Waals surface area contributed by atoms with E-state index in [4.69, 9.17) is 16.0 Å². The predicted molar refractivity (Wildman–Crippen MR) is 127 cm³/mol. The van der Waals surface area contributed by atoms with E-state index in [2.05, 4.69) is 34.8 Å². The Morgan fingerprint density at radius 1 is 0.906 bits per heavy atom. The van der Waals surface area contributed by atoms with E-state index in [-0.39, 0.29) is 17.2 Å². The summed E-state index contributed by atoms with van der Waals surface area (Å²) in [6.07, 6.45) is 2.27. The first-order chi connectivity index (χ1) is 15.7. The van der Waals surface area contributed by atoms with Gasteiger partial charge in [0.2, 0.25) is 5.91 Å². The Morgan fingerprint density at radius 2 is 1.53 bits per heavy atom. The van der Waals surface area contributed by atoms with Crippen LogP contribution in [0.4, 0.5) is 0 Å². The molecule has 1 N–H and O–H groups in total. The highest BCUT2D eigenvalue weighted by molar-refractivity contribution is 6.30. The zero-order chi connectivity index (χ0) is 22.0. The standard InChI is InChI=1S/C27H21ClN2O2/c28-22-13-11-19(12-14-22)25-16-15-23(32-25)18-29-30-26(31)24-17-27(24,20-7-3-1-4-8-20)21-9-5-2-6-10-21/h1-16,18,24H,17H2,(H,30,31)/b29-18+. The highest BCUT2D eigenvalue weighted by atomic mass is 35.5. The number of amides is 1. The first-order valence-corrected chi connectivity index (χ1v) is 10.8. The SMILES string of the molecule is O=C(N/N=C/c1ccc(-c2ccc(Cl)cc2)o1)C1CC1(c1ccccc1)c1ccccc1. The maximum Gasteiger partial charge on any atom is 0.244 e. The van der Waals surface area contributed by atoms with Crippen molar-refractivity contribution in [1.29, 1.82) is 0 Å². The third kappa shape index (κ3) is 3.85. The summed E-state index contributed by atoms with van der Waals surface area (Å²) >= 11 is 5.94. The summed E-state index contributed by atoms with van der Waals surface area (Å²) in [7, 11) is 0. The summed E-state index contributed by atoms with van der Waals surface area (Å²) in [5.74, 6) is 0.997. The maximum atomic E-state index is 12.9. The van der Waals surface area contributed by atoms with Crippen molar-refractivity contribution in [3.63, 3.8) is 0 Å². The smallest absolute Gasteiger partial charge is 0.244 e. The predicted octanol–water partition coefficient (Wildman–Crippen LogP) is 6.06. The van der Waals surface area contributed by atoms with Gasteiger partial charge in [-0.2, -0.15) is 5.10 Å². The van der Waals surface area contributed by atoms with Crippen LogP contribution in [0.15, 0.2) is 107 Å². The molecule has 1 saturated carbocycles. The van der Waals surface area contributed by atoms with Gasteiger partial charge in [0.15, 0.2) is 0 Å². The van der Waals surface area contributed by atoms with E-state index in [9.17, 15) is 4.79 Å². The molecule has 158 valence electrons. The van der Waals surface area contributed by atoms with E-state index in [0.29, 0.717) is 16.5 Å². The Balaban J connectivity index is 1.29. The molecule has 0 saturated heterocycles. The minimum absolute atomic E-state index is 0.0987. The molecule has 0 bridgehead atoms. The van der Waals surface area contributed by atoms with Gasteiger partial charge >= 0.3 is 0 Å². The number of nitrogens with one attached hydrogen (secondary N) is 1. The number of hydrogen-bond acceptors (Lipinski definition) is 3. The van der Waals surface area contributed by atoms with Crippen molar-refractivity contribution in [2.24, 2.45) is 11.0 Å². The Labute approximate surface area is 191 Å². The largest absolute Gasteiger partial charge is 0.455 e. The van der Waals surface area contributed by atoms with Gasteiger partial charge in [-0.25, -0.2) is 5.43 Å². The second kappa shape index (κ2) is 8.48. The Hall–Kier alpha value is -3.63. The molecule has 1 fully saturated rings. The van der Waals surface area contributed by atoms with Crippen LogP contribution < -0.4 is 5.43 Å². The number of nitrogens with zero attached hydrogens (tertiary/aromatic N) is 1. The van der Waals surface area contributed by atoms with Crippen LogP contribution in [0.5, 0.6) is 0 Å². The first-order valence-electron chi connectivity index (χ1n) is 10.5. The highest BCUT2D eigenvalue weighted by Crippen LogP contribution is 2.58. The zero-order valence-corrected chi connectivity index (χ0v) is 18.0. The molecule has 0 radical (unpaired) electrons. The molecule has 0 aliphatic heterocycles. The lowest BCUT2D eigenvalue weighted by Crippen LogP contribution is -2.25. The zero-order valence-electron chi connectivity index (χ0n) is 17.2. The third-order valence-electron chi connectivity index (χ3n) is 5.98. The monoisotopic (exact) mass is 440 g/mol. The van der Waals surface area contributed by atoms with Crippen molar-refractivity contribution in [3.05, 3.63) is 119 Å². The molecule has 1 unspecified atom stereocenters. The van der Waals surface area contributed by atoms with Crippen LogP contribution in [0.2, 0.25) is 5.02 Å². The molecule has 3 aromatic carbocycles. The molecule has 0 spiro atoms. The molecule has 1 aliphatic carbocycles. The molecule has 1 amide bonds. The van der Waals surface area contributed by atoms with Crippen LogP contribution in [0.3, 0.4) is 0 Å². The number of hydrazone groups is 1. The van der Waals surface area contributed by atoms with Crippen molar-refractivity contribution in [3.8, 4) is 11.3 Å². The minimum atomic E-state index is -0.311. The van der Waals surface area contributed by atoms with Crippen LogP contribution in [0.25, 0.3) is 11.3 Å². The van der Waals surface area contributed by atoms with Crippen molar-refractivity contribution < 1.29 is 9.21 Å². The van der Waals surface area contributed by atoms with E-state index in [0.717, 1.165) is 23.1 Å². The fourth-order valence-corrected chi connectivity index (χ4v) is 4.41. The van der Waals surface area contributed by atoms with Gasteiger partial charge in [-0.3, -0.25) is 4.79 Å². The fraction of sp³-hybridized carbons (Fsp3) is 0.111. The second-order valence-corrected chi connectivity index (χ2v) is 8.34. The molecule has 1 aromatic heterocycles. The van der Waals surface area contributed by atoms with Gasteiger partial charge in [-0.1, -0.05) is 72.3 Å². The van der Waals surface area contributed by atoms with Gasteiger partial charge in [0.1, 0.15) is 11.5 Å². The van der Waals surface area contributed by atoms with Gasteiger partial charge < -0.3 is 4.42 Å². The number of carbonyl (C=O) groups excluding carboxylic acids is 1. The minimum Gasteiger partial charge on any atom is -0.455 e. The number of hydrogen-bond donors (Lipinski definition) is 1. The fourth-order valence-electron chi connectivity index (χ4n) is 4.28. The maximum absolute atomic E-state index is 12.9. The number of benzene rings is 3. The van der Waals surface area contributed by atoms with Crippen LogP contribution in [0.1, 0.15) is 23.3 Å². The van der Waals surface area contributed by atoms with Gasteiger partial charge in [0.05, 0.1) is 12.1 Å². The van der Waals surface area contributed by atoms with Gasteiger partial charge in [0.25, 0.3) is 0 Å². The molecule has 1 heterocycles. The highest BCUT2D eigenvalue weighted by Gasteiger charge is 2.60. The molecule has 32 heavy (non-hydrogen) atoms. The van der Waals surface area contributed by atoms with E-state index in [1.54, 1.807) is 0 Å². The lowest BCUT2D eigenvalue weighted by molar-refractivity contribution is -0.122. The lowest BCUT2D eigenvalue weighted by Gasteiger charge is -2.18. The van der Waals surface area contributed by atoms with E-state index >= 15 is 0 Å². The molecular weight excluding hydrogens is 420 g/mol. The van der Waals surface area contributed by atoms with Gasteiger partial charge in [-0.15, -0.1) is 0 Å². The quantitative estimate of drug-likeness (QED) is 0.293. The molecule has 4 aromatic rings. The topological polar surface area (TPSA) is 54.6 Å². The summed E-state index contributed by atoms with van der Waals surface area (Å²) in [6, 6.07) is 31.5. The Morgan fingerprint density at radius 3 is 2.16 bits per heavy atom. The van der Waals surface area contributed by atoms with Crippen LogP contribution >= 0.6 is 11.6 Å². The second-order valence-electron chi connectivity index (χ2n) is 7.90. The van der Waals surface area contributed by atoms with E-state index in [1.165, 1.54) is 6.21 Å². The Bertz CT molecular complexity index is 1210. The van der Waals surface area contributed by atoms with Crippen molar-refractivity contribution >= 4 is 23.7 Å².